The lowest BCUT2D eigenvalue weighted by molar-refractivity contribution is -0.131. The fraction of sp³-hybridized carbons (Fsp3) is 0.300. The van der Waals surface area contributed by atoms with Crippen LogP contribution in [0.2, 0.25) is 0 Å². The summed E-state index contributed by atoms with van der Waals surface area (Å²) in [5.74, 6) is -5.43. The van der Waals surface area contributed by atoms with Crippen molar-refractivity contribution in [3.05, 3.63) is 59.4 Å². The van der Waals surface area contributed by atoms with Crippen molar-refractivity contribution in [3.8, 4) is 0 Å². The standard InChI is InChI=1S/C20H19F3N2O2/c1-11(2)12-3-5-13(6-4-12)24-18(26)20(9-10-20)19(27)25-15-8-7-14(21)16(22)17(15)23/h3-8,11H,9-10H2,1-2H3,(H,24,26)(H,25,27). The van der Waals surface area contributed by atoms with Crippen molar-refractivity contribution >= 4 is 23.2 Å². The zero-order valence-electron chi connectivity index (χ0n) is 14.9. The van der Waals surface area contributed by atoms with Gasteiger partial charge in [0.15, 0.2) is 17.5 Å². The van der Waals surface area contributed by atoms with Crippen LogP contribution < -0.4 is 10.6 Å². The van der Waals surface area contributed by atoms with E-state index in [1.807, 2.05) is 12.1 Å². The number of nitrogens with one attached hydrogen (secondary N) is 2. The number of hydrogen-bond donors (Lipinski definition) is 2. The minimum absolute atomic E-state index is 0.292. The van der Waals surface area contributed by atoms with Gasteiger partial charge in [-0.3, -0.25) is 9.59 Å². The molecule has 7 heteroatoms. The Kier molecular flexibility index (Phi) is 4.95. The highest BCUT2D eigenvalue weighted by Crippen LogP contribution is 2.47. The van der Waals surface area contributed by atoms with Gasteiger partial charge < -0.3 is 10.6 Å². The molecule has 4 nitrogen and oxygen atoms in total. The van der Waals surface area contributed by atoms with Gasteiger partial charge in [0, 0.05) is 5.69 Å². The van der Waals surface area contributed by atoms with Crippen LogP contribution in [0.5, 0.6) is 0 Å². The lowest BCUT2D eigenvalue weighted by Crippen LogP contribution is -2.36. The van der Waals surface area contributed by atoms with Crippen LogP contribution in [0.15, 0.2) is 36.4 Å². The summed E-state index contributed by atoms with van der Waals surface area (Å²) in [6.45, 7) is 4.10. The number of rotatable bonds is 5. The summed E-state index contributed by atoms with van der Waals surface area (Å²) in [6.07, 6.45) is 0.583. The molecule has 0 unspecified atom stereocenters. The summed E-state index contributed by atoms with van der Waals surface area (Å²) in [5, 5.41) is 4.88. The van der Waals surface area contributed by atoms with Gasteiger partial charge in [-0.25, -0.2) is 13.2 Å². The molecule has 2 aromatic carbocycles. The molecule has 3 rings (SSSR count). The summed E-state index contributed by atoms with van der Waals surface area (Å²) in [6, 6.07) is 8.90. The first-order chi connectivity index (χ1) is 12.7. The molecule has 2 aromatic rings. The van der Waals surface area contributed by atoms with E-state index >= 15 is 0 Å². The van der Waals surface area contributed by atoms with Crippen molar-refractivity contribution in [3.63, 3.8) is 0 Å². The van der Waals surface area contributed by atoms with Gasteiger partial charge in [-0.1, -0.05) is 26.0 Å². The van der Waals surface area contributed by atoms with Gasteiger partial charge >= 0.3 is 0 Å². The molecule has 1 aliphatic rings. The minimum atomic E-state index is -1.67. The number of carbonyl (C=O) groups excluding carboxylic acids is 2. The van der Waals surface area contributed by atoms with E-state index in [9.17, 15) is 22.8 Å². The van der Waals surface area contributed by atoms with E-state index in [2.05, 4.69) is 24.5 Å². The molecule has 0 aliphatic heterocycles. The Morgan fingerprint density at radius 3 is 2.04 bits per heavy atom. The average molecular weight is 376 g/mol. The molecule has 0 bridgehead atoms. The number of halogens is 3. The first kappa shape index (κ1) is 18.9. The molecule has 1 aliphatic carbocycles. The Hall–Kier alpha value is -2.83. The quantitative estimate of drug-likeness (QED) is 0.593. The van der Waals surface area contributed by atoms with Crippen LogP contribution in [0, 0.1) is 22.9 Å². The Labute approximate surface area is 154 Å². The summed E-state index contributed by atoms with van der Waals surface area (Å²) >= 11 is 0. The minimum Gasteiger partial charge on any atom is -0.325 e. The van der Waals surface area contributed by atoms with Gasteiger partial charge in [-0.15, -0.1) is 0 Å². The third kappa shape index (κ3) is 3.67. The Morgan fingerprint density at radius 2 is 1.48 bits per heavy atom. The van der Waals surface area contributed by atoms with Gasteiger partial charge in [0.1, 0.15) is 5.41 Å². The Bertz CT molecular complexity index is 891. The van der Waals surface area contributed by atoms with Crippen molar-refractivity contribution in [2.24, 2.45) is 5.41 Å². The fourth-order valence-corrected chi connectivity index (χ4v) is 2.75. The van der Waals surface area contributed by atoms with Crippen LogP contribution in [-0.4, -0.2) is 11.8 Å². The fourth-order valence-electron chi connectivity index (χ4n) is 2.75. The second-order valence-electron chi connectivity index (χ2n) is 6.99. The zero-order chi connectivity index (χ0) is 19.8. The first-order valence-corrected chi connectivity index (χ1v) is 8.61. The molecule has 0 heterocycles. The average Bonchev–Trinajstić information content (AvgIpc) is 3.44. The summed E-state index contributed by atoms with van der Waals surface area (Å²) < 4.78 is 40.1. The smallest absolute Gasteiger partial charge is 0.240 e. The second kappa shape index (κ2) is 7.06. The van der Waals surface area contributed by atoms with E-state index in [-0.39, 0.29) is 0 Å². The SMILES string of the molecule is CC(C)c1ccc(NC(=O)C2(C(=O)Nc3ccc(F)c(F)c3F)CC2)cc1. The molecule has 0 spiro atoms. The predicted molar refractivity (Wildman–Crippen MR) is 95.8 cm³/mol. The molecule has 1 fully saturated rings. The number of benzene rings is 2. The highest BCUT2D eigenvalue weighted by Gasteiger charge is 2.56. The molecule has 0 radical (unpaired) electrons. The van der Waals surface area contributed by atoms with E-state index in [0.717, 1.165) is 11.6 Å². The van der Waals surface area contributed by atoms with Crippen LogP contribution in [0.1, 0.15) is 38.2 Å². The maximum atomic E-state index is 13.8. The summed E-state index contributed by atoms with van der Waals surface area (Å²) in [7, 11) is 0. The van der Waals surface area contributed by atoms with Gasteiger partial charge in [-0.2, -0.15) is 0 Å². The lowest BCUT2D eigenvalue weighted by Gasteiger charge is -2.16. The predicted octanol–water partition coefficient (Wildman–Crippen LogP) is 4.58. The third-order valence-electron chi connectivity index (χ3n) is 4.74. The number of amides is 2. The van der Waals surface area contributed by atoms with Crippen molar-refractivity contribution < 1.29 is 22.8 Å². The molecule has 0 saturated heterocycles. The van der Waals surface area contributed by atoms with E-state index in [1.165, 1.54) is 0 Å². The highest BCUT2D eigenvalue weighted by atomic mass is 19.2. The Balaban J connectivity index is 1.71. The molecule has 142 valence electrons. The van der Waals surface area contributed by atoms with Crippen molar-refractivity contribution in [2.45, 2.75) is 32.6 Å². The maximum Gasteiger partial charge on any atom is 0.240 e. The van der Waals surface area contributed by atoms with Crippen LogP contribution in [0.3, 0.4) is 0 Å². The maximum absolute atomic E-state index is 13.8. The Morgan fingerprint density at radius 1 is 0.889 bits per heavy atom. The monoisotopic (exact) mass is 376 g/mol. The molecule has 2 N–H and O–H groups in total. The van der Waals surface area contributed by atoms with Crippen molar-refractivity contribution in [1.82, 2.24) is 0 Å². The van der Waals surface area contributed by atoms with Gasteiger partial charge in [0.05, 0.1) is 5.69 Å². The molecule has 27 heavy (non-hydrogen) atoms. The molecule has 2 amide bonds. The topological polar surface area (TPSA) is 58.2 Å². The first-order valence-electron chi connectivity index (χ1n) is 8.61. The van der Waals surface area contributed by atoms with Crippen LogP contribution in [0.25, 0.3) is 0 Å². The molecular weight excluding hydrogens is 357 g/mol. The largest absolute Gasteiger partial charge is 0.325 e. The van der Waals surface area contributed by atoms with Crippen LogP contribution in [-0.2, 0) is 9.59 Å². The zero-order valence-corrected chi connectivity index (χ0v) is 14.9. The lowest BCUT2D eigenvalue weighted by atomic mass is 10.0. The normalized spacial score (nSPS) is 14.7. The number of carbonyl (C=O) groups is 2. The van der Waals surface area contributed by atoms with E-state index in [1.54, 1.807) is 12.1 Å². The number of anilines is 2. The molecule has 0 atom stereocenters. The number of hydrogen-bond acceptors (Lipinski definition) is 2. The van der Waals surface area contributed by atoms with E-state index in [4.69, 9.17) is 0 Å². The van der Waals surface area contributed by atoms with E-state index < -0.39 is 40.4 Å². The summed E-state index contributed by atoms with van der Waals surface area (Å²) in [5.41, 5.74) is -0.184. The van der Waals surface area contributed by atoms with Crippen molar-refractivity contribution in [2.75, 3.05) is 10.6 Å². The molecule has 0 aromatic heterocycles. The highest BCUT2D eigenvalue weighted by molar-refractivity contribution is 6.16. The van der Waals surface area contributed by atoms with Crippen LogP contribution in [0.4, 0.5) is 24.5 Å². The second-order valence-corrected chi connectivity index (χ2v) is 6.99. The van der Waals surface area contributed by atoms with E-state index in [0.29, 0.717) is 30.5 Å². The van der Waals surface area contributed by atoms with Crippen LogP contribution >= 0.6 is 0 Å². The summed E-state index contributed by atoms with van der Waals surface area (Å²) in [4.78, 5) is 25.0. The molecular formula is C20H19F3N2O2. The van der Waals surface area contributed by atoms with Gasteiger partial charge in [-0.05, 0) is 48.6 Å². The van der Waals surface area contributed by atoms with Gasteiger partial charge in [0.2, 0.25) is 11.8 Å². The van der Waals surface area contributed by atoms with Gasteiger partial charge in [0.25, 0.3) is 0 Å². The third-order valence-corrected chi connectivity index (χ3v) is 4.74. The molecule has 1 saturated carbocycles. The van der Waals surface area contributed by atoms with Crippen molar-refractivity contribution in [1.29, 1.82) is 0 Å².